The number of para-hydroxylation sites is 1. The number of nitrogens with one attached hydrogen (secondary N) is 1. The van der Waals surface area contributed by atoms with Gasteiger partial charge in [-0.2, -0.15) is 0 Å². The Morgan fingerprint density at radius 3 is 2.57 bits per heavy atom. The van der Waals surface area contributed by atoms with E-state index in [1.165, 1.54) is 14.0 Å². The molecule has 0 saturated carbocycles. The molecule has 2 rings (SSSR count). The topological polar surface area (TPSA) is 84.7 Å². The first-order valence-electron chi connectivity index (χ1n) is 7.01. The van der Waals surface area contributed by atoms with E-state index in [0.717, 1.165) is 12.8 Å². The lowest BCUT2D eigenvalue weighted by Gasteiger charge is -2.32. The van der Waals surface area contributed by atoms with E-state index >= 15 is 0 Å². The van der Waals surface area contributed by atoms with Gasteiger partial charge in [0.05, 0.1) is 18.4 Å². The van der Waals surface area contributed by atoms with Crippen LogP contribution in [0, 0.1) is 0 Å². The highest BCUT2D eigenvalue weighted by Gasteiger charge is 2.25. The molecule has 0 radical (unpaired) electrons. The summed E-state index contributed by atoms with van der Waals surface area (Å²) in [6.07, 6.45) is 1.52. The van der Waals surface area contributed by atoms with Crippen LogP contribution >= 0.6 is 0 Å². The summed E-state index contributed by atoms with van der Waals surface area (Å²) in [5.74, 6) is 0.387. The fraction of sp³-hybridized carbons (Fsp3) is 0.467. The van der Waals surface area contributed by atoms with Crippen molar-refractivity contribution in [3.63, 3.8) is 0 Å². The molecule has 1 aromatic rings. The fourth-order valence-electron chi connectivity index (χ4n) is 2.59. The van der Waals surface area contributed by atoms with Crippen LogP contribution in [0.5, 0.6) is 5.75 Å². The average Bonchev–Trinajstić information content (AvgIpc) is 2.47. The Hall–Kier alpha value is -2.24. The van der Waals surface area contributed by atoms with Crippen LogP contribution in [0.1, 0.15) is 30.1 Å². The van der Waals surface area contributed by atoms with E-state index in [0.29, 0.717) is 30.1 Å². The first kappa shape index (κ1) is 15.2. The number of rotatable bonds is 3. The molecule has 3 N–H and O–H groups in total. The van der Waals surface area contributed by atoms with Gasteiger partial charge < -0.3 is 20.7 Å². The van der Waals surface area contributed by atoms with E-state index in [1.807, 2.05) is 0 Å². The number of carbonyl (C=O) groups is 2. The largest absolute Gasteiger partial charge is 0.495 e. The first-order chi connectivity index (χ1) is 10.0. The summed E-state index contributed by atoms with van der Waals surface area (Å²) in [6.45, 7) is 2.73. The third kappa shape index (κ3) is 3.45. The number of anilines is 1. The second-order valence-electron chi connectivity index (χ2n) is 5.19. The number of amides is 2. The summed E-state index contributed by atoms with van der Waals surface area (Å²) >= 11 is 0. The van der Waals surface area contributed by atoms with Crippen molar-refractivity contribution >= 4 is 17.5 Å². The van der Waals surface area contributed by atoms with Crippen LogP contribution < -0.4 is 15.8 Å². The highest BCUT2D eigenvalue weighted by Crippen LogP contribution is 2.26. The van der Waals surface area contributed by atoms with Crippen molar-refractivity contribution in [3.05, 3.63) is 23.8 Å². The molecule has 0 aromatic heterocycles. The number of piperidine rings is 1. The van der Waals surface area contributed by atoms with Crippen LogP contribution in [0.4, 0.5) is 5.69 Å². The minimum absolute atomic E-state index is 0.0307. The molecule has 1 aliphatic heterocycles. The van der Waals surface area contributed by atoms with Crippen molar-refractivity contribution in [3.8, 4) is 5.75 Å². The van der Waals surface area contributed by atoms with Crippen LogP contribution in [0.2, 0.25) is 0 Å². The van der Waals surface area contributed by atoms with E-state index in [-0.39, 0.29) is 17.9 Å². The van der Waals surface area contributed by atoms with E-state index in [2.05, 4.69) is 5.32 Å². The molecule has 0 bridgehead atoms. The maximum absolute atomic E-state index is 12.5. The molecule has 21 heavy (non-hydrogen) atoms. The number of nitrogens with two attached hydrogens (primary N) is 1. The molecule has 114 valence electrons. The number of nitrogens with zero attached hydrogens (tertiary/aromatic N) is 1. The molecule has 6 heteroatoms. The highest BCUT2D eigenvalue weighted by atomic mass is 16.5. The van der Waals surface area contributed by atoms with Gasteiger partial charge in [0.15, 0.2) is 0 Å². The summed E-state index contributed by atoms with van der Waals surface area (Å²) in [6, 6.07) is 5.34. The smallest absolute Gasteiger partial charge is 0.256 e. The van der Waals surface area contributed by atoms with Gasteiger partial charge in [0.1, 0.15) is 5.75 Å². The Balaban J connectivity index is 2.04. The highest BCUT2D eigenvalue weighted by molar-refractivity contribution is 6.00. The number of carbonyl (C=O) groups excluding carboxylic acids is 2. The predicted octanol–water partition coefficient (Wildman–Crippen LogP) is 1.02. The average molecular weight is 291 g/mol. The Kier molecular flexibility index (Phi) is 4.67. The zero-order chi connectivity index (χ0) is 15.4. The van der Waals surface area contributed by atoms with Gasteiger partial charge in [0, 0.05) is 26.1 Å². The Morgan fingerprint density at radius 2 is 2.00 bits per heavy atom. The lowest BCUT2D eigenvalue weighted by atomic mass is 10.0. The standard InChI is InChI=1S/C15H21N3O3/c1-10(19)17-11-6-8-18(9-7-11)15(20)12-4-3-5-13(21-2)14(12)16/h3-5,11H,6-9,16H2,1-2H3,(H,17,19). The van der Waals surface area contributed by atoms with Crippen molar-refractivity contribution in [2.75, 3.05) is 25.9 Å². The third-order valence-electron chi connectivity index (χ3n) is 3.71. The Morgan fingerprint density at radius 1 is 1.33 bits per heavy atom. The predicted molar refractivity (Wildman–Crippen MR) is 80.1 cm³/mol. The fourth-order valence-corrected chi connectivity index (χ4v) is 2.59. The molecule has 1 heterocycles. The van der Waals surface area contributed by atoms with Crippen LogP contribution in [-0.4, -0.2) is 43.0 Å². The third-order valence-corrected chi connectivity index (χ3v) is 3.71. The second-order valence-corrected chi connectivity index (χ2v) is 5.19. The molecular formula is C15H21N3O3. The van der Waals surface area contributed by atoms with Gasteiger partial charge in [-0.25, -0.2) is 0 Å². The summed E-state index contributed by atoms with van der Waals surface area (Å²) < 4.78 is 5.14. The number of hydrogen-bond acceptors (Lipinski definition) is 4. The monoisotopic (exact) mass is 291 g/mol. The zero-order valence-corrected chi connectivity index (χ0v) is 12.4. The van der Waals surface area contributed by atoms with E-state index < -0.39 is 0 Å². The molecule has 6 nitrogen and oxygen atoms in total. The van der Waals surface area contributed by atoms with E-state index in [1.54, 1.807) is 23.1 Å². The molecule has 0 unspecified atom stereocenters. The van der Waals surface area contributed by atoms with Crippen LogP contribution in [-0.2, 0) is 4.79 Å². The van der Waals surface area contributed by atoms with Gasteiger partial charge in [0.25, 0.3) is 5.91 Å². The van der Waals surface area contributed by atoms with Crippen molar-refractivity contribution < 1.29 is 14.3 Å². The van der Waals surface area contributed by atoms with E-state index in [4.69, 9.17) is 10.5 Å². The Bertz CT molecular complexity index is 537. The van der Waals surface area contributed by atoms with Gasteiger partial charge in [0.2, 0.25) is 5.91 Å². The summed E-state index contributed by atoms with van der Waals surface area (Å²) in [5, 5.41) is 2.89. The SMILES string of the molecule is COc1cccc(C(=O)N2CCC(NC(C)=O)CC2)c1N. The van der Waals surface area contributed by atoms with E-state index in [9.17, 15) is 9.59 Å². The molecule has 2 amide bonds. The van der Waals surface area contributed by atoms with Gasteiger partial charge in [-0.1, -0.05) is 6.07 Å². The second kappa shape index (κ2) is 6.47. The normalized spacial score (nSPS) is 15.6. The number of likely N-dealkylation sites (tertiary alicyclic amines) is 1. The van der Waals surface area contributed by atoms with Crippen molar-refractivity contribution in [1.29, 1.82) is 0 Å². The van der Waals surface area contributed by atoms with Gasteiger partial charge in [-0.05, 0) is 25.0 Å². The summed E-state index contributed by atoms with van der Waals surface area (Å²) in [4.78, 5) is 25.3. The van der Waals surface area contributed by atoms with Gasteiger partial charge >= 0.3 is 0 Å². The molecule has 1 saturated heterocycles. The van der Waals surface area contributed by atoms with Crippen molar-refractivity contribution in [2.24, 2.45) is 0 Å². The first-order valence-corrected chi connectivity index (χ1v) is 7.01. The maximum Gasteiger partial charge on any atom is 0.256 e. The summed E-state index contributed by atoms with van der Waals surface area (Å²) in [5.41, 5.74) is 6.80. The Labute approximate surface area is 124 Å². The molecule has 0 aliphatic carbocycles. The number of nitrogen functional groups attached to an aromatic ring is 1. The number of benzene rings is 1. The van der Waals surface area contributed by atoms with Crippen molar-refractivity contribution in [2.45, 2.75) is 25.8 Å². The molecule has 1 aliphatic rings. The van der Waals surface area contributed by atoms with Crippen LogP contribution in [0.15, 0.2) is 18.2 Å². The van der Waals surface area contributed by atoms with Gasteiger partial charge in [-0.15, -0.1) is 0 Å². The minimum atomic E-state index is -0.0901. The number of hydrogen-bond donors (Lipinski definition) is 2. The molecule has 1 fully saturated rings. The van der Waals surface area contributed by atoms with Crippen molar-refractivity contribution in [1.82, 2.24) is 10.2 Å². The molecule has 0 spiro atoms. The number of methoxy groups -OCH3 is 1. The molecule has 1 aromatic carbocycles. The minimum Gasteiger partial charge on any atom is -0.495 e. The quantitative estimate of drug-likeness (QED) is 0.814. The number of ether oxygens (including phenoxy) is 1. The van der Waals surface area contributed by atoms with Crippen LogP contribution in [0.3, 0.4) is 0 Å². The zero-order valence-electron chi connectivity index (χ0n) is 12.4. The van der Waals surface area contributed by atoms with Gasteiger partial charge in [-0.3, -0.25) is 9.59 Å². The lowest BCUT2D eigenvalue weighted by molar-refractivity contribution is -0.119. The molecule has 0 atom stereocenters. The lowest BCUT2D eigenvalue weighted by Crippen LogP contribution is -2.46. The maximum atomic E-state index is 12.5. The summed E-state index contributed by atoms with van der Waals surface area (Å²) in [7, 11) is 1.53. The van der Waals surface area contributed by atoms with Crippen LogP contribution in [0.25, 0.3) is 0 Å². The molecular weight excluding hydrogens is 270 g/mol.